The van der Waals surface area contributed by atoms with Gasteiger partial charge < -0.3 is 20.4 Å². The first-order chi connectivity index (χ1) is 21.6. The molecule has 0 spiro atoms. The maximum Gasteiger partial charge on any atom is 0.259 e. The zero-order valence-corrected chi connectivity index (χ0v) is 25.2. The Balaban J connectivity index is 1.13. The molecule has 0 bridgehead atoms. The zero-order chi connectivity index (χ0) is 31.5. The Morgan fingerprint density at radius 3 is 2.22 bits per heavy atom. The monoisotopic (exact) mass is 631 g/mol. The molecule has 0 aromatic heterocycles. The Hall–Kier alpha value is -4.52. The van der Waals surface area contributed by atoms with Crippen LogP contribution in [0.25, 0.3) is 11.1 Å². The maximum atomic E-state index is 13.9. The lowest BCUT2D eigenvalue weighted by Gasteiger charge is -2.28. The summed E-state index contributed by atoms with van der Waals surface area (Å²) in [5.74, 6) is -2.58. The molecule has 2 aromatic rings. The molecule has 2 saturated heterocycles. The molecular weight excluding hydrogens is 598 g/mol. The number of amides is 4. The molecule has 3 N–H and O–H groups in total. The van der Waals surface area contributed by atoms with Gasteiger partial charge in [-0.1, -0.05) is 59.8 Å². The van der Waals surface area contributed by atoms with Crippen molar-refractivity contribution in [3.63, 3.8) is 0 Å². The van der Waals surface area contributed by atoms with E-state index in [2.05, 4.69) is 27.1 Å². The second-order valence-corrected chi connectivity index (χ2v) is 14.3. The molecule has 3 aliphatic carbocycles. The van der Waals surface area contributed by atoms with Crippen LogP contribution >= 0.6 is 0 Å². The quantitative estimate of drug-likeness (QED) is 0.237. The van der Waals surface area contributed by atoms with E-state index in [4.69, 9.17) is 4.84 Å². The van der Waals surface area contributed by atoms with Crippen LogP contribution in [-0.2, 0) is 34.0 Å². The molecule has 234 valence electrons. The van der Waals surface area contributed by atoms with E-state index in [1.807, 2.05) is 48.5 Å². The third kappa shape index (κ3) is 5.18. The van der Waals surface area contributed by atoms with Crippen LogP contribution in [-0.4, -0.2) is 78.2 Å². The van der Waals surface area contributed by atoms with E-state index in [9.17, 15) is 27.6 Å². The molecule has 5 aliphatic rings. The molecule has 4 fully saturated rings. The Morgan fingerprint density at radius 2 is 1.67 bits per heavy atom. The van der Waals surface area contributed by atoms with Gasteiger partial charge in [0, 0.05) is 29.9 Å². The number of fused-ring (bicyclic) bond motifs is 3. The molecule has 5 atom stereocenters. The number of sulfonamides is 1. The SMILES string of the molecule is C=C[C@@H]1C[C@]1(NC(=O)[C@@H]1C[C@@H](ON=C2c3ccccc3-c3ccccc32)CN1C(=O)[C@@H]1CCC(=O)N1)C(=O)NS(=O)(=O)C1CC1. The van der Waals surface area contributed by atoms with Crippen LogP contribution in [0.5, 0.6) is 0 Å². The Kier molecular flexibility index (Phi) is 7.03. The number of hydrogen-bond donors (Lipinski definition) is 3. The molecule has 45 heavy (non-hydrogen) atoms. The molecule has 12 nitrogen and oxygen atoms in total. The van der Waals surface area contributed by atoms with Gasteiger partial charge in [-0.05, 0) is 36.8 Å². The molecule has 0 unspecified atom stereocenters. The van der Waals surface area contributed by atoms with Crippen molar-refractivity contribution in [1.29, 1.82) is 0 Å². The molecule has 2 aromatic carbocycles. The molecule has 2 heterocycles. The summed E-state index contributed by atoms with van der Waals surface area (Å²) in [6.07, 6.45) is 2.56. The fraction of sp³-hybridized carbons (Fsp3) is 0.406. The van der Waals surface area contributed by atoms with Crippen LogP contribution in [0.1, 0.15) is 49.7 Å². The Bertz CT molecular complexity index is 1720. The van der Waals surface area contributed by atoms with Gasteiger partial charge in [-0.25, -0.2) is 8.42 Å². The van der Waals surface area contributed by atoms with E-state index in [-0.39, 0.29) is 31.7 Å². The minimum absolute atomic E-state index is 0.0313. The van der Waals surface area contributed by atoms with Crippen molar-refractivity contribution in [1.82, 2.24) is 20.3 Å². The predicted octanol–water partition coefficient (Wildman–Crippen LogP) is 1.35. The number of carbonyl (C=O) groups is 4. The van der Waals surface area contributed by atoms with Gasteiger partial charge >= 0.3 is 0 Å². The van der Waals surface area contributed by atoms with Crippen LogP contribution in [0, 0.1) is 5.92 Å². The highest BCUT2D eigenvalue weighted by Crippen LogP contribution is 2.45. The van der Waals surface area contributed by atoms with Gasteiger partial charge in [0.2, 0.25) is 27.7 Å². The fourth-order valence-electron chi connectivity index (χ4n) is 6.60. The number of hydrogen-bond acceptors (Lipinski definition) is 8. The van der Waals surface area contributed by atoms with Gasteiger partial charge in [-0.3, -0.25) is 23.9 Å². The molecule has 4 amide bonds. The van der Waals surface area contributed by atoms with Crippen LogP contribution < -0.4 is 15.4 Å². The van der Waals surface area contributed by atoms with E-state index in [0.717, 1.165) is 22.3 Å². The lowest BCUT2D eigenvalue weighted by molar-refractivity contribution is -0.141. The highest BCUT2D eigenvalue weighted by atomic mass is 32.2. The minimum Gasteiger partial charge on any atom is -0.390 e. The lowest BCUT2D eigenvalue weighted by atomic mass is 10.1. The summed E-state index contributed by atoms with van der Waals surface area (Å²) in [6, 6.07) is 13.9. The number of nitrogens with one attached hydrogen (secondary N) is 3. The highest BCUT2D eigenvalue weighted by molar-refractivity contribution is 7.91. The fourth-order valence-corrected chi connectivity index (χ4v) is 7.97. The first-order valence-corrected chi connectivity index (χ1v) is 16.7. The second kappa shape index (κ2) is 10.8. The maximum absolute atomic E-state index is 13.9. The molecule has 13 heteroatoms. The standard InChI is InChI=1S/C32H33N5O7S/c1-2-18-16-32(18,31(41)36-45(42,43)20-11-12-20)34-29(39)26-15-19(17-37(26)30(40)25-13-14-27(38)33-25)44-35-28-23-9-5-3-7-21(23)22-8-4-6-10-24(22)28/h2-10,18-20,25-26H,1,11-17H2,(H,33,38)(H,34,39)(H,36,41)/t18-,19-,25+,26+,32-/m1/s1. The number of nitrogens with zero attached hydrogens (tertiary/aromatic N) is 2. The smallest absolute Gasteiger partial charge is 0.259 e. The second-order valence-electron chi connectivity index (χ2n) is 12.3. The number of carbonyl (C=O) groups excluding carboxylic acids is 4. The van der Waals surface area contributed by atoms with Gasteiger partial charge in [0.1, 0.15) is 29.4 Å². The third-order valence-corrected chi connectivity index (χ3v) is 11.2. The first-order valence-electron chi connectivity index (χ1n) is 15.1. The zero-order valence-electron chi connectivity index (χ0n) is 24.4. The first kappa shape index (κ1) is 29.2. The Labute approximate surface area is 260 Å². The van der Waals surface area contributed by atoms with E-state index >= 15 is 0 Å². The van der Waals surface area contributed by atoms with Crippen molar-refractivity contribution in [2.75, 3.05) is 6.54 Å². The van der Waals surface area contributed by atoms with Gasteiger partial charge in [0.15, 0.2) is 0 Å². The predicted molar refractivity (Wildman–Crippen MR) is 163 cm³/mol. The van der Waals surface area contributed by atoms with Crippen molar-refractivity contribution < 1.29 is 32.4 Å². The number of benzene rings is 2. The van der Waals surface area contributed by atoms with Crippen molar-refractivity contribution in [2.24, 2.45) is 11.1 Å². The van der Waals surface area contributed by atoms with Crippen LogP contribution in [0.15, 0.2) is 66.3 Å². The van der Waals surface area contributed by atoms with Crippen LogP contribution in [0.4, 0.5) is 0 Å². The normalized spacial score (nSPS) is 28.0. The van der Waals surface area contributed by atoms with Crippen molar-refractivity contribution in [3.8, 4) is 11.1 Å². The summed E-state index contributed by atoms with van der Waals surface area (Å²) in [6.45, 7) is 3.77. The number of rotatable bonds is 9. The van der Waals surface area contributed by atoms with E-state index < -0.39 is 62.6 Å². The van der Waals surface area contributed by atoms with Crippen molar-refractivity contribution >= 4 is 39.4 Å². The van der Waals surface area contributed by atoms with E-state index in [1.54, 1.807) is 0 Å². The molecule has 2 aliphatic heterocycles. The van der Waals surface area contributed by atoms with Crippen LogP contribution in [0.3, 0.4) is 0 Å². The average Bonchev–Trinajstić information content (AvgIpc) is 3.89. The van der Waals surface area contributed by atoms with Gasteiger partial charge in [0.05, 0.1) is 11.8 Å². The van der Waals surface area contributed by atoms with Gasteiger partial charge in [0.25, 0.3) is 5.91 Å². The summed E-state index contributed by atoms with van der Waals surface area (Å²) in [5, 5.41) is 9.34. The number of likely N-dealkylation sites (tertiary alicyclic amines) is 1. The topological polar surface area (TPSA) is 163 Å². The van der Waals surface area contributed by atoms with Gasteiger partial charge in [-0.15, -0.1) is 6.58 Å². The number of oxime groups is 1. The molecule has 2 saturated carbocycles. The van der Waals surface area contributed by atoms with Crippen molar-refractivity contribution in [2.45, 2.75) is 67.5 Å². The average molecular weight is 632 g/mol. The third-order valence-electron chi connectivity index (χ3n) is 9.34. The van der Waals surface area contributed by atoms with Crippen LogP contribution in [0.2, 0.25) is 0 Å². The molecule has 7 rings (SSSR count). The summed E-state index contributed by atoms with van der Waals surface area (Å²) < 4.78 is 27.2. The highest BCUT2D eigenvalue weighted by Gasteiger charge is 2.62. The Morgan fingerprint density at radius 1 is 1.02 bits per heavy atom. The van der Waals surface area contributed by atoms with Crippen molar-refractivity contribution in [3.05, 3.63) is 72.3 Å². The summed E-state index contributed by atoms with van der Waals surface area (Å²) in [4.78, 5) is 60.0. The molecular formula is C32H33N5O7S. The van der Waals surface area contributed by atoms with E-state index in [1.165, 1.54) is 11.0 Å². The largest absolute Gasteiger partial charge is 0.390 e. The van der Waals surface area contributed by atoms with E-state index in [0.29, 0.717) is 25.0 Å². The molecule has 0 radical (unpaired) electrons. The lowest BCUT2D eigenvalue weighted by Crippen LogP contribution is -2.57. The minimum atomic E-state index is -3.85. The summed E-state index contributed by atoms with van der Waals surface area (Å²) in [7, 11) is -3.85. The van der Waals surface area contributed by atoms with Gasteiger partial charge in [-0.2, -0.15) is 0 Å². The summed E-state index contributed by atoms with van der Waals surface area (Å²) in [5.41, 5.74) is 3.03. The summed E-state index contributed by atoms with van der Waals surface area (Å²) >= 11 is 0.